The van der Waals surface area contributed by atoms with Gasteiger partial charge in [-0.2, -0.15) is 0 Å². The second kappa shape index (κ2) is 4.73. The second-order valence-electron chi connectivity index (χ2n) is 3.16. The van der Waals surface area contributed by atoms with E-state index in [1.165, 1.54) is 12.1 Å². The largest absolute Gasteiger partial charge is 0.490 e. The number of rotatable bonds is 3. The summed E-state index contributed by atoms with van der Waals surface area (Å²) in [4.78, 5) is 0. The first-order valence-electron chi connectivity index (χ1n) is 4.25. The van der Waals surface area contributed by atoms with Crippen LogP contribution in [0.3, 0.4) is 0 Å². The van der Waals surface area contributed by atoms with Crippen molar-refractivity contribution in [3.63, 3.8) is 0 Å². The molecule has 0 radical (unpaired) electrons. The topological polar surface area (TPSA) is 9.23 Å². The molecule has 0 heterocycles. The van der Waals surface area contributed by atoms with Crippen LogP contribution >= 0.6 is 15.9 Å². The molecule has 1 nitrogen and oxygen atoms in total. The van der Waals surface area contributed by atoms with E-state index in [0.717, 1.165) is 0 Å². The number of hydrogen-bond donors (Lipinski definition) is 0. The lowest BCUT2D eigenvalue weighted by atomic mass is 10.2. The number of ether oxygens (including phenoxy) is 1. The molecule has 0 N–H and O–H groups in total. The molecule has 0 aliphatic heterocycles. The summed E-state index contributed by atoms with van der Waals surface area (Å²) in [6, 6.07) is 4.29. The molecule has 78 valence electrons. The molecule has 4 heteroatoms. The van der Waals surface area contributed by atoms with Crippen molar-refractivity contribution in [2.24, 2.45) is 0 Å². The van der Waals surface area contributed by atoms with Crippen molar-refractivity contribution in [1.82, 2.24) is 0 Å². The Hall–Kier alpha value is -0.640. The Morgan fingerprint density at radius 2 is 1.93 bits per heavy atom. The molecule has 1 aromatic carbocycles. The minimum atomic E-state index is -2.45. The van der Waals surface area contributed by atoms with Gasteiger partial charge in [0.1, 0.15) is 5.75 Å². The zero-order valence-corrected chi connectivity index (χ0v) is 9.51. The van der Waals surface area contributed by atoms with E-state index in [4.69, 9.17) is 4.74 Å². The van der Waals surface area contributed by atoms with Crippen molar-refractivity contribution in [2.45, 2.75) is 26.4 Å². The van der Waals surface area contributed by atoms with E-state index in [1.807, 2.05) is 13.8 Å². The van der Waals surface area contributed by atoms with Crippen molar-refractivity contribution in [1.29, 1.82) is 0 Å². The van der Waals surface area contributed by atoms with E-state index in [-0.39, 0.29) is 11.7 Å². The first-order chi connectivity index (χ1) is 6.50. The molecule has 0 saturated heterocycles. The van der Waals surface area contributed by atoms with Gasteiger partial charge in [0.2, 0.25) is 0 Å². The highest BCUT2D eigenvalue weighted by Crippen LogP contribution is 2.30. The zero-order chi connectivity index (χ0) is 10.7. The summed E-state index contributed by atoms with van der Waals surface area (Å²) in [7, 11) is 0. The maximum Gasteiger partial charge on any atom is 0.263 e. The third-order valence-electron chi connectivity index (χ3n) is 1.57. The molecule has 0 aromatic heterocycles. The van der Waals surface area contributed by atoms with Gasteiger partial charge in [0.05, 0.1) is 10.6 Å². The molecule has 0 bridgehead atoms. The van der Waals surface area contributed by atoms with Crippen LogP contribution in [0.15, 0.2) is 22.7 Å². The summed E-state index contributed by atoms with van der Waals surface area (Å²) in [6.45, 7) is 3.76. The van der Waals surface area contributed by atoms with Crippen molar-refractivity contribution < 1.29 is 13.5 Å². The molecule has 0 aliphatic rings. The van der Waals surface area contributed by atoms with Crippen LogP contribution in [0.2, 0.25) is 0 Å². The Morgan fingerprint density at radius 1 is 1.29 bits per heavy atom. The van der Waals surface area contributed by atoms with E-state index in [0.29, 0.717) is 10.2 Å². The fourth-order valence-electron chi connectivity index (χ4n) is 1.00. The molecule has 0 saturated carbocycles. The normalized spacial score (nSPS) is 11.1. The highest BCUT2D eigenvalue weighted by molar-refractivity contribution is 9.10. The maximum atomic E-state index is 12.3. The molecule has 0 spiro atoms. The van der Waals surface area contributed by atoms with E-state index < -0.39 is 6.43 Å². The zero-order valence-electron chi connectivity index (χ0n) is 7.93. The lowest BCUT2D eigenvalue weighted by molar-refractivity contribution is 0.151. The third-order valence-corrected chi connectivity index (χ3v) is 2.19. The summed E-state index contributed by atoms with van der Waals surface area (Å²) >= 11 is 3.19. The fraction of sp³-hybridized carbons (Fsp3) is 0.400. The third kappa shape index (κ3) is 2.94. The van der Waals surface area contributed by atoms with Gasteiger partial charge in [-0.1, -0.05) is 0 Å². The van der Waals surface area contributed by atoms with Gasteiger partial charge in [-0.25, -0.2) is 8.78 Å². The van der Waals surface area contributed by atoms with Crippen molar-refractivity contribution in [2.75, 3.05) is 0 Å². The summed E-state index contributed by atoms with van der Waals surface area (Å²) in [6.07, 6.45) is -2.41. The predicted molar refractivity (Wildman–Crippen MR) is 54.9 cm³/mol. The Labute approximate surface area is 90.2 Å². The Balaban J connectivity index is 2.90. The van der Waals surface area contributed by atoms with Gasteiger partial charge in [-0.05, 0) is 48.0 Å². The molecule has 0 unspecified atom stereocenters. The average molecular weight is 265 g/mol. The molecule has 1 aromatic rings. The molecule has 0 atom stereocenters. The van der Waals surface area contributed by atoms with Crippen LogP contribution in [0.1, 0.15) is 25.8 Å². The minimum Gasteiger partial charge on any atom is -0.490 e. The van der Waals surface area contributed by atoms with Crippen LogP contribution in [0.25, 0.3) is 0 Å². The van der Waals surface area contributed by atoms with Crippen LogP contribution in [-0.4, -0.2) is 6.10 Å². The van der Waals surface area contributed by atoms with Gasteiger partial charge in [-0.3, -0.25) is 0 Å². The Morgan fingerprint density at radius 3 is 2.36 bits per heavy atom. The van der Waals surface area contributed by atoms with E-state index in [2.05, 4.69) is 15.9 Å². The molecular weight excluding hydrogens is 254 g/mol. The summed E-state index contributed by atoms with van der Waals surface area (Å²) in [5.41, 5.74) is -0.00650. The molecule has 1 rings (SSSR count). The maximum absolute atomic E-state index is 12.3. The van der Waals surface area contributed by atoms with Crippen molar-refractivity contribution >= 4 is 15.9 Å². The van der Waals surface area contributed by atoms with Gasteiger partial charge in [-0.15, -0.1) is 0 Å². The monoisotopic (exact) mass is 264 g/mol. The first-order valence-corrected chi connectivity index (χ1v) is 5.04. The van der Waals surface area contributed by atoms with Gasteiger partial charge in [0.15, 0.2) is 0 Å². The molecule has 0 amide bonds. The summed E-state index contributed by atoms with van der Waals surface area (Å²) < 4.78 is 30.5. The van der Waals surface area contributed by atoms with Gasteiger partial charge in [0.25, 0.3) is 6.43 Å². The van der Waals surface area contributed by atoms with Crippen LogP contribution in [-0.2, 0) is 0 Å². The van der Waals surface area contributed by atoms with Gasteiger partial charge < -0.3 is 4.74 Å². The summed E-state index contributed by atoms with van der Waals surface area (Å²) in [5, 5.41) is 0. The van der Waals surface area contributed by atoms with E-state index in [9.17, 15) is 8.78 Å². The van der Waals surface area contributed by atoms with Crippen LogP contribution in [0.5, 0.6) is 5.75 Å². The molecule has 0 fully saturated rings. The number of benzene rings is 1. The second-order valence-corrected chi connectivity index (χ2v) is 4.01. The predicted octanol–water partition coefficient (Wildman–Crippen LogP) is 4.17. The SMILES string of the molecule is CC(C)Oc1ccc(C(F)F)cc1Br. The van der Waals surface area contributed by atoms with Gasteiger partial charge in [0, 0.05) is 5.56 Å². The molecular formula is C10H11BrF2O. The van der Waals surface area contributed by atoms with Crippen LogP contribution < -0.4 is 4.74 Å². The molecule has 0 aliphatic carbocycles. The number of halogens is 3. The average Bonchev–Trinajstić information content (AvgIpc) is 2.07. The first kappa shape index (κ1) is 11.4. The quantitative estimate of drug-likeness (QED) is 0.796. The smallest absolute Gasteiger partial charge is 0.263 e. The van der Waals surface area contributed by atoms with E-state index >= 15 is 0 Å². The number of alkyl halides is 2. The lowest BCUT2D eigenvalue weighted by Crippen LogP contribution is -2.06. The van der Waals surface area contributed by atoms with Crippen LogP contribution in [0, 0.1) is 0 Å². The Kier molecular flexibility index (Phi) is 3.86. The lowest BCUT2D eigenvalue weighted by Gasteiger charge is -2.12. The van der Waals surface area contributed by atoms with E-state index in [1.54, 1.807) is 6.07 Å². The molecule has 14 heavy (non-hydrogen) atoms. The number of hydrogen-bond acceptors (Lipinski definition) is 1. The van der Waals surface area contributed by atoms with Crippen LogP contribution in [0.4, 0.5) is 8.78 Å². The van der Waals surface area contributed by atoms with Crippen molar-refractivity contribution in [3.8, 4) is 5.75 Å². The summed E-state index contributed by atoms with van der Waals surface area (Å²) in [5.74, 6) is 0.587. The highest BCUT2D eigenvalue weighted by Gasteiger charge is 2.10. The fourth-order valence-corrected chi connectivity index (χ4v) is 1.49. The standard InChI is InChI=1S/C10H11BrF2O/c1-6(2)14-9-4-3-7(10(12)13)5-8(9)11/h3-6,10H,1-2H3. The highest BCUT2D eigenvalue weighted by atomic mass is 79.9. The van der Waals surface area contributed by atoms with Crippen molar-refractivity contribution in [3.05, 3.63) is 28.2 Å². The minimum absolute atomic E-state index is 0.00650. The Bertz CT molecular complexity index is 313. The van der Waals surface area contributed by atoms with Gasteiger partial charge >= 0.3 is 0 Å².